The molecule has 4 heteroatoms. The fourth-order valence-corrected chi connectivity index (χ4v) is 2.93. The number of hydrogen-bond acceptors (Lipinski definition) is 3. The molecule has 2 unspecified atom stereocenters. The maximum Gasteiger partial charge on any atom is 0.154 e. The lowest BCUT2D eigenvalue weighted by Gasteiger charge is -2.27. The fraction of sp³-hybridized carbons (Fsp3) is 0.571. The van der Waals surface area contributed by atoms with E-state index in [1.54, 1.807) is 0 Å². The molecule has 0 spiro atoms. The van der Waals surface area contributed by atoms with Crippen molar-refractivity contribution in [1.29, 1.82) is 0 Å². The van der Waals surface area contributed by atoms with Gasteiger partial charge < -0.3 is 9.88 Å². The molecule has 1 N–H and O–H groups in total. The van der Waals surface area contributed by atoms with Crippen LogP contribution in [0.5, 0.6) is 0 Å². The Balaban J connectivity index is 1.86. The van der Waals surface area contributed by atoms with Gasteiger partial charge in [-0.25, -0.2) is 9.97 Å². The van der Waals surface area contributed by atoms with Gasteiger partial charge in [-0.3, -0.25) is 0 Å². The Morgan fingerprint density at radius 3 is 3.06 bits per heavy atom. The van der Waals surface area contributed by atoms with Crippen molar-refractivity contribution < 1.29 is 0 Å². The maximum absolute atomic E-state index is 4.45. The van der Waals surface area contributed by atoms with Crippen LogP contribution in [-0.2, 0) is 7.05 Å². The number of nitrogens with one attached hydrogen (secondary N) is 1. The zero-order valence-electron chi connectivity index (χ0n) is 11.1. The summed E-state index contributed by atoms with van der Waals surface area (Å²) in [5.74, 6) is 1.76. The molecule has 2 heterocycles. The Hall–Kier alpha value is -1.58. The smallest absolute Gasteiger partial charge is 0.154 e. The molecular formula is C14H20N4. The molecule has 1 aliphatic rings. The summed E-state index contributed by atoms with van der Waals surface area (Å²) in [4.78, 5) is 8.89. The van der Waals surface area contributed by atoms with Crippen LogP contribution in [0.15, 0.2) is 18.6 Å². The molecule has 0 saturated heterocycles. The summed E-state index contributed by atoms with van der Waals surface area (Å²) < 4.78 is 2.03. The van der Waals surface area contributed by atoms with Crippen molar-refractivity contribution in [2.75, 3.05) is 5.32 Å². The van der Waals surface area contributed by atoms with E-state index in [1.807, 2.05) is 30.2 Å². The van der Waals surface area contributed by atoms with Crippen LogP contribution in [0.2, 0.25) is 0 Å². The van der Waals surface area contributed by atoms with Crippen LogP contribution in [0.3, 0.4) is 0 Å². The molecule has 3 rings (SSSR count). The lowest BCUT2D eigenvalue weighted by molar-refractivity contribution is 0.358. The number of aromatic nitrogens is 3. The van der Waals surface area contributed by atoms with Gasteiger partial charge >= 0.3 is 0 Å². The van der Waals surface area contributed by atoms with Crippen molar-refractivity contribution in [3.63, 3.8) is 0 Å². The van der Waals surface area contributed by atoms with E-state index in [4.69, 9.17) is 0 Å². The van der Waals surface area contributed by atoms with E-state index >= 15 is 0 Å². The first-order valence-corrected chi connectivity index (χ1v) is 6.76. The average Bonchev–Trinajstić information content (AvgIpc) is 2.73. The monoisotopic (exact) mass is 244 g/mol. The highest BCUT2D eigenvalue weighted by Gasteiger charge is 2.20. The lowest BCUT2D eigenvalue weighted by Crippen LogP contribution is -2.26. The summed E-state index contributed by atoms with van der Waals surface area (Å²) in [7, 11) is 2.02. The summed E-state index contributed by atoms with van der Waals surface area (Å²) in [6, 6.07) is 2.56. The van der Waals surface area contributed by atoms with Gasteiger partial charge in [0.05, 0.1) is 11.8 Å². The van der Waals surface area contributed by atoms with Crippen LogP contribution >= 0.6 is 0 Å². The van der Waals surface area contributed by atoms with E-state index in [2.05, 4.69) is 22.2 Å². The zero-order chi connectivity index (χ0) is 12.5. The second kappa shape index (κ2) is 4.59. The van der Waals surface area contributed by atoms with Gasteiger partial charge in [-0.15, -0.1) is 0 Å². The Morgan fingerprint density at radius 2 is 2.22 bits per heavy atom. The highest BCUT2D eigenvalue weighted by molar-refractivity contribution is 5.85. The second-order valence-electron chi connectivity index (χ2n) is 5.50. The first-order chi connectivity index (χ1) is 8.74. The first-order valence-electron chi connectivity index (χ1n) is 6.76. The quantitative estimate of drug-likeness (QED) is 0.883. The number of imidazole rings is 1. The Bertz CT molecular complexity index is 546. The minimum Gasteiger partial charge on any atom is -0.365 e. The van der Waals surface area contributed by atoms with Gasteiger partial charge in [0, 0.05) is 19.3 Å². The zero-order valence-corrected chi connectivity index (χ0v) is 11.1. The number of fused-ring (bicyclic) bond motifs is 1. The van der Waals surface area contributed by atoms with Crippen molar-refractivity contribution in [2.45, 2.75) is 38.6 Å². The fourth-order valence-electron chi connectivity index (χ4n) is 2.93. The molecule has 4 nitrogen and oxygen atoms in total. The largest absolute Gasteiger partial charge is 0.365 e. The molecule has 1 aliphatic carbocycles. The van der Waals surface area contributed by atoms with Crippen molar-refractivity contribution in [1.82, 2.24) is 14.5 Å². The number of hydrogen-bond donors (Lipinski definition) is 1. The number of anilines is 1. The summed E-state index contributed by atoms with van der Waals surface area (Å²) in [6.45, 7) is 2.34. The van der Waals surface area contributed by atoms with Gasteiger partial charge in [-0.05, 0) is 24.8 Å². The molecule has 96 valence electrons. The molecule has 1 fully saturated rings. The third-order valence-corrected chi connectivity index (χ3v) is 3.92. The Labute approximate surface area is 107 Å². The van der Waals surface area contributed by atoms with E-state index in [-0.39, 0.29) is 0 Å². The van der Waals surface area contributed by atoms with Crippen LogP contribution in [0.1, 0.15) is 32.6 Å². The highest BCUT2D eigenvalue weighted by Crippen LogP contribution is 2.27. The van der Waals surface area contributed by atoms with Gasteiger partial charge in [-0.1, -0.05) is 19.8 Å². The van der Waals surface area contributed by atoms with Crippen molar-refractivity contribution >= 4 is 16.9 Å². The van der Waals surface area contributed by atoms with Gasteiger partial charge in [0.2, 0.25) is 0 Å². The summed E-state index contributed by atoms with van der Waals surface area (Å²) in [5.41, 5.74) is 2.12. The van der Waals surface area contributed by atoms with Crippen LogP contribution in [-0.4, -0.2) is 20.6 Å². The number of nitrogens with zero attached hydrogens (tertiary/aromatic N) is 3. The third kappa shape index (κ3) is 2.07. The molecule has 0 radical (unpaired) electrons. The molecule has 18 heavy (non-hydrogen) atoms. The van der Waals surface area contributed by atoms with Crippen LogP contribution in [0.4, 0.5) is 5.82 Å². The van der Waals surface area contributed by atoms with E-state index in [9.17, 15) is 0 Å². The van der Waals surface area contributed by atoms with Crippen molar-refractivity contribution in [3.8, 4) is 0 Å². The predicted octanol–water partition coefficient (Wildman–Crippen LogP) is 2.96. The molecule has 0 aliphatic heterocycles. The molecular weight excluding hydrogens is 224 g/mol. The molecule has 2 aromatic rings. The normalized spacial score (nSPS) is 24.3. The average molecular weight is 244 g/mol. The number of aryl methyl sites for hydroxylation is 1. The van der Waals surface area contributed by atoms with Gasteiger partial charge in [0.1, 0.15) is 5.52 Å². The highest BCUT2D eigenvalue weighted by atomic mass is 15.1. The van der Waals surface area contributed by atoms with Crippen LogP contribution in [0, 0.1) is 5.92 Å². The van der Waals surface area contributed by atoms with Crippen LogP contribution in [0.25, 0.3) is 11.0 Å². The first kappa shape index (κ1) is 11.5. The minimum absolute atomic E-state index is 0.550. The van der Waals surface area contributed by atoms with E-state index < -0.39 is 0 Å². The maximum atomic E-state index is 4.45. The molecule has 2 atom stereocenters. The van der Waals surface area contributed by atoms with Crippen molar-refractivity contribution in [2.24, 2.45) is 13.0 Å². The Morgan fingerprint density at radius 1 is 1.33 bits per heavy atom. The molecule has 0 amide bonds. The van der Waals surface area contributed by atoms with E-state index in [0.29, 0.717) is 6.04 Å². The van der Waals surface area contributed by atoms with Crippen molar-refractivity contribution in [3.05, 3.63) is 18.6 Å². The van der Waals surface area contributed by atoms with Crippen LogP contribution < -0.4 is 5.32 Å². The topological polar surface area (TPSA) is 42.7 Å². The molecule has 0 aromatic carbocycles. The summed E-state index contributed by atoms with van der Waals surface area (Å²) in [6.07, 6.45) is 8.87. The molecule has 1 saturated carbocycles. The minimum atomic E-state index is 0.550. The standard InChI is InChI=1S/C14H20N4/c1-10-4-3-5-11(8-10)17-14-13-12(6-7-15-14)18(2)9-16-13/h6-7,9-11H,3-5,8H2,1-2H3,(H,15,17). The van der Waals surface area contributed by atoms with E-state index in [1.165, 1.54) is 25.7 Å². The summed E-state index contributed by atoms with van der Waals surface area (Å²) in [5, 5.41) is 3.58. The second-order valence-corrected chi connectivity index (χ2v) is 5.50. The van der Waals surface area contributed by atoms with Gasteiger partial charge in [0.25, 0.3) is 0 Å². The third-order valence-electron chi connectivity index (χ3n) is 3.92. The molecule has 2 aromatic heterocycles. The predicted molar refractivity (Wildman–Crippen MR) is 73.6 cm³/mol. The number of pyridine rings is 1. The summed E-state index contributed by atoms with van der Waals surface area (Å²) >= 11 is 0. The SMILES string of the molecule is CC1CCCC(Nc2nccc3c2ncn3C)C1. The Kier molecular flexibility index (Phi) is 2.94. The molecule has 0 bridgehead atoms. The number of rotatable bonds is 2. The van der Waals surface area contributed by atoms with Gasteiger partial charge in [0.15, 0.2) is 5.82 Å². The van der Waals surface area contributed by atoms with Gasteiger partial charge in [-0.2, -0.15) is 0 Å². The van der Waals surface area contributed by atoms with E-state index in [0.717, 1.165) is 22.8 Å². The lowest BCUT2D eigenvalue weighted by atomic mass is 9.87.